The Bertz CT molecular complexity index is 846. The molecule has 0 amide bonds. The molecule has 1 N–H and O–H groups in total. The zero-order valence-corrected chi connectivity index (χ0v) is 15.6. The minimum atomic E-state index is -1.26. The number of nitro groups is 1. The summed E-state index contributed by atoms with van der Waals surface area (Å²) in [5.74, 6) is 0.885. The summed E-state index contributed by atoms with van der Waals surface area (Å²) in [4.78, 5) is 12.7. The van der Waals surface area contributed by atoms with Crippen LogP contribution in [0.15, 0.2) is 54.6 Å². The fraction of sp³-hybridized carbons (Fsp3) is 0.235. The highest BCUT2D eigenvalue weighted by molar-refractivity contribution is 8.14. The summed E-state index contributed by atoms with van der Waals surface area (Å²) in [5.41, 5.74) is 0.289. The van der Waals surface area contributed by atoms with Gasteiger partial charge in [0.15, 0.2) is 6.54 Å². The standard InChI is InChI=1S/C17H16N3O3S.BrH/c21-17(13-5-4-8-15(11-13)20(22)23)12-18(14-6-2-1-3-7-14)16-19(17)9-10-24-16;/h1-8,11,21H,9-10,12H2;1H/q+1;/p-1. The van der Waals surface area contributed by atoms with Gasteiger partial charge in [-0.15, -0.1) is 0 Å². The number of para-hydroxylation sites is 1. The molecular weight excluding hydrogens is 406 g/mol. The Morgan fingerprint density at radius 1 is 1.20 bits per heavy atom. The second kappa shape index (κ2) is 6.78. The van der Waals surface area contributed by atoms with Crippen molar-refractivity contribution in [3.8, 4) is 0 Å². The van der Waals surface area contributed by atoms with Gasteiger partial charge in [-0.1, -0.05) is 30.3 Å². The van der Waals surface area contributed by atoms with Crippen LogP contribution in [0.25, 0.3) is 0 Å². The lowest BCUT2D eigenvalue weighted by Gasteiger charge is -2.22. The first-order valence-electron chi connectivity index (χ1n) is 7.67. The van der Waals surface area contributed by atoms with Crippen molar-refractivity contribution < 1.29 is 31.6 Å². The molecule has 1 atom stereocenters. The van der Waals surface area contributed by atoms with Gasteiger partial charge in [-0.3, -0.25) is 10.1 Å². The van der Waals surface area contributed by atoms with Gasteiger partial charge in [0.05, 0.1) is 11.5 Å². The molecule has 2 aliphatic rings. The number of hydrogen-bond donors (Lipinski definition) is 1. The number of β-amino-alcohol motifs (C(OH)–C–C–N with tert-alkyl or cyclic N) is 1. The van der Waals surface area contributed by atoms with Gasteiger partial charge < -0.3 is 22.1 Å². The van der Waals surface area contributed by atoms with E-state index in [1.807, 2.05) is 34.9 Å². The number of thioether (sulfide) groups is 1. The van der Waals surface area contributed by atoms with E-state index in [1.165, 1.54) is 12.1 Å². The zero-order chi connectivity index (χ0) is 16.7. The molecule has 4 rings (SSSR count). The molecule has 8 heteroatoms. The van der Waals surface area contributed by atoms with Crippen LogP contribution in [0.3, 0.4) is 0 Å². The van der Waals surface area contributed by atoms with Gasteiger partial charge in [0.2, 0.25) is 0 Å². The third kappa shape index (κ3) is 2.94. The average Bonchev–Trinajstić information content (AvgIpc) is 3.19. The Balaban J connectivity index is 0.00000182. The summed E-state index contributed by atoms with van der Waals surface area (Å²) >= 11 is 1.70. The fourth-order valence-electron chi connectivity index (χ4n) is 3.27. The van der Waals surface area contributed by atoms with Crippen LogP contribution >= 0.6 is 11.8 Å². The molecule has 0 bridgehead atoms. The van der Waals surface area contributed by atoms with Gasteiger partial charge in [-0.05, 0) is 23.9 Å². The number of halogens is 1. The number of nitro benzene ring substituents is 1. The second-order valence-electron chi connectivity index (χ2n) is 5.83. The normalized spacial score (nSPS) is 21.9. The Morgan fingerprint density at radius 3 is 2.68 bits per heavy atom. The van der Waals surface area contributed by atoms with E-state index in [1.54, 1.807) is 23.9 Å². The van der Waals surface area contributed by atoms with Crippen LogP contribution in [-0.2, 0) is 5.72 Å². The van der Waals surface area contributed by atoms with Gasteiger partial charge in [0, 0.05) is 23.4 Å². The predicted octanol–water partition coefficient (Wildman–Crippen LogP) is -0.621. The Morgan fingerprint density at radius 2 is 1.96 bits per heavy atom. The first-order valence-corrected chi connectivity index (χ1v) is 8.65. The highest BCUT2D eigenvalue weighted by atomic mass is 79.9. The summed E-state index contributed by atoms with van der Waals surface area (Å²) in [7, 11) is 0. The zero-order valence-electron chi connectivity index (χ0n) is 13.2. The number of rotatable bonds is 3. The number of nitrogens with zero attached hydrogens (tertiary/aromatic N) is 3. The molecule has 130 valence electrons. The summed E-state index contributed by atoms with van der Waals surface area (Å²) in [5, 5.41) is 23.5. The highest BCUT2D eigenvalue weighted by Gasteiger charge is 2.54. The van der Waals surface area contributed by atoms with Crippen LogP contribution < -0.4 is 21.9 Å². The maximum absolute atomic E-state index is 11.4. The Hall–Kier alpha value is -1.90. The lowest BCUT2D eigenvalue weighted by atomic mass is 10.0. The molecule has 0 radical (unpaired) electrons. The molecule has 0 spiro atoms. The summed E-state index contributed by atoms with van der Waals surface area (Å²) in [6.07, 6.45) is 0. The topological polar surface area (TPSA) is 69.6 Å². The van der Waals surface area contributed by atoms with Gasteiger partial charge in [-0.2, -0.15) is 0 Å². The highest BCUT2D eigenvalue weighted by Crippen LogP contribution is 2.38. The molecule has 6 nitrogen and oxygen atoms in total. The number of anilines is 1. The molecule has 25 heavy (non-hydrogen) atoms. The van der Waals surface area contributed by atoms with E-state index in [0.717, 1.165) is 16.6 Å². The molecular formula is C17H16BrN3O3S. The van der Waals surface area contributed by atoms with Crippen LogP contribution in [0.4, 0.5) is 11.4 Å². The quantitative estimate of drug-likeness (QED) is 0.406. The largest absolute Gasteiger partial charge is 1.00 e. The molecule has 0 aromatic heterocycles. The van der Waals surface area contributed by atoms with Gasteiger partial charge in [0.25, 0.3) is 11.4 Å². The predicted molar refractivity (Wildman–Crippen MR) is 93.4 cm³/mol. The monoisotopic (exact) mass is 421 g/mol. The fourth-order valence-corrected chi connectivity index (χ4v) is 4.45. The SMILES string of the molecule is O=[N+]([O-])c1cccc(C2(O)CN(c3ccccc3)C3=[N+]2CCS3)c1.[Br-]. The van der Waals surface area contributed by atoms with Crippen LogP contribution in [0.2, 0.25) is 0 Å². The van der Waals surface area contributed by atoms with E-state index in [2.05, 4.69) is 4.90 Å². The maximum atomic E-state index is 11.4. The number of amidine groups is 1. The van der Waals surface area contributed by atoms with E-state index in [0.29, 0.717) is 18.7 Å². The molecule has 0 aliphatic carbocycles. The number of aliphatic hydroxyl groups is 1. The average molecular weight is 422 g/mol. The van der Waals surface area contributed by atoms with Crippen molar-refractivity contribution in [2.75, 3.05) is 23.7 Å². The number of hydrogen-bond acceptors (Lipinski definition) is 5. The van der Waals surface area contributed by atoms with E-state index < -0.39 is 10.6 Å². The van der Waals surface area contributed by atoms with Crippen molar-refractivity contribution in [2.45, 2.75) is 5.72 Å². The molecule has 0 saturated carbocycles. The third-order valence-electron chi connectivity index (χ3n) is 4.42. The maximum Gasteiger partial charge on any atom is 0.316 e. The van der Waals surface area contributed by atoms with Crippen LogP contribution in [0.5, 0.6) is 0 Å². The molecule has 2 aliphatic heterocycles. The van der Waals surface area contributed by atoms with Crippen molar-refractivity contribution in [3.05, 3.63) is 70.3 Å². The van der Waals surface area contributed by atoms with Crippen molar-refractivity contribution in [2.24, 2.45) is 0 Å². The van der Waals surface area contributed by atoms with Crippen molar-refractivity contribution in [1.82, 2.24) is 0 Å². The van der Waals surface area contributed by atoms with Crippen molar-refractivity contribution in [1.29, 1.82) is 0 Å². The molecule has 1 unspecified atom stereocenters. The van der Waals surface area contributed by atoms with Crippen LogP contribution in [0.1, 0.15) is 5.56 Å². The second-order valence-corrected chi connectivity index (χ2v) is 6.89. The van der Waals surface area contributed by atoms with E-state index in [4.69, 9.17) is 0 Å². The van der Waals surface area contributed by atoms with Crippen molar-refractivity contribution in [3.63, 3.8) is 0 Å². The van der Waals surface area contributed by atoms with Crippen LogP contribution in [0, 0.1) is 10.1 Å². The van der Waals surface area contributed by atoms with Gasteiger partial charge >= 0.3 is 5.17 Å². The van der Waals surface area contributed by atoms with E-state index in [-0.39, 0.29) is 22.7 Å². The van der Waals surface area contributed by atoms with Crippen molar-refractivity contribution >= 4 is 28.3 Å². The Labute approximate surface area is 159 Å². The van der Waals surface area contributed by atoms with Gasteiger partial charge in [-0.25, -0.2) is 9.48 Å². The third-order valence-corrected chi connectivity index (χ3v) is 5.51. The van der Waals surface area contributed by atoms with E-state index >= 15 is 0 Å². The van der Waals surface area contributed by atoms with E-state index in [9.17, 15) is 15.2 Å². The molecule has 0 fully saturated rings. The smallest absolute Gasteiger partial charge is 0.316 e. The first kappa shape index (κ1) is 17.9. The lowest BCUT2D eigenvalue weighted by molar-refractivity contribution is -0.650. The minimum absolute atomic E-state index is 0. The summed E-state index contributed by atoms with van der Waals surface area (Å²) in [6.45, 7) is 1.06. The molecule has 2 heterocycles. The first-order chi connectivity index (χ1) is 11.6. The number of benzene rings is 2. The molecule has 2 aromatic carbocycles. The lowest BCUT2D eigenvalue weighted by Crippen LogP contribution is -3.00. The molecule has 2 aromatic rings. The summed E-state index contributed by atoms with van der Waals surface area (Å²) in [6, 6.07) is 16.2. The van der Waals surface area contributed by atoms with Crippen LogP contribution in [-0.4, -0.2) is 38.6 Å². The number of non-ortho nitro benzene ring substituents is 1. The summed E-state index contributed by atoms with van der Waals surface area (Å²) < 4.78 is 1.95. The Kier molecular flexibility index (Phi) is 4.86. The molecule has 0 saturated heterocycles. The van der Waals surface area contributed by atoms with Gasteiger partial charge in [0.1, 0.15) is 5.69 Å². The minimum Gasteiger partial charge on any atom is -1.00 e.